The number of nitrogens with zero attached hydrogens (tertiary/aromatic N) is 5. The second-order valence-electron chi connectivity index (χ2n) is 5.46. The number of hydrogen-bond donors (Lipinski definition) is 0. The summed E-state index contributed by atoms with van der Waals surface area (Å²) in [6.45, 7) is 3.94. The van der Waals surface area contributed by atoms with Crippen molar-refractivity contribution in [1.29, 1.82) is 0 Å². The molecular weight excluding hydrogens is 282 g/mol. The molecule has 7 heteroatoms. The number of ether oxygens (including phenoxy) is 1. The molecule has 0 atom stereocenters. The van der Waals surface area contributed by atoms with Crippen LogP contribution in [0, 0.1) is 5.92 Å². The zero-order chi connectivity index (χ0) is 15.4. The fourth-order valence-electron chi connectivity index (χ4n) is 2.55. The molecule has 0 N–H and O–H groups in total. The van der Waals surface area contributed by atoms with E-state index in [1.807, 2.05) is 17.0 Å². The topological polar surface area (TPSA) is 73.1 Å². The van der Waals surface area contributed by atoms with E-state index in [4.69, 9.17) is 4.74 Å². The van der Waals surface area contributed by atoms with Gasteiger partial charge in [0.05, 0.1) is 25.2 Å². The quantitative estimate of drug-likeness (QED) is 0.851. The van der Waals surface area contributed by atoms with Crippen molar-refractivity contribution in [1.82, 2.24) is 24.9 Å². The molecule has 0 spiro atoms. The molecule has 0 saturated carbocycles. The summed E-state index contributed by atoms with van der Waals surface area (Å²) in [5, 5.41) is 7.64. The SMILES string of the molecule is CC(=O)N1CCC(COc2ccc(-n3ccnn3)nc2)CC1. The van der Waals surface area contributed by atoms with Crippen molar-refractivity contribution < 1.29 is 9.53 Å². The van der Waals surface area contributed by atoms with E-state index in [-0.39, 0.29) is 5.91 Å². The van der Waals surface area contributed by atoms with Crippen LogP contribution in [-0.2, 0) is 4.79 Å². The van der Waals surface area contributed by atoms with Gasteiger partial charge >= 0.3 is 0 Å². The Balaban J connectivity index is 1.49. The lowest BCUT2D eigenvalue weighted by Gasteiger charge is -2.31. The van der Waals surface area contributed by atoms with Crippen molar-refractivity contribution in [3.05, 3.63) is 30.7 Å². The molecule has 1 aliphatic rings. The van der Waals surface area contributed by atoms with E-state index in [0.29, 0.717) is 18.3 Å². The molecule has 1 amide bonds. The monoisotopic (exact) mass is 301 g/mol. The van der Waals surface area contributed by atoms with Gasteiger partial charge in [0.1, 0.15) is 5.75 Å². The molecule has 2 aromatic rings. The van der Waals surface area contributed by atoms with E-state index in [1.54, 1.807) is 30.2 Å². The molecular formula is C15H19N5O2. The molecule has 2 aromatic heterocycles. The highest BCUT2D eigenvalue weighted by Crippen LogP contribution is 2.19. The van der Waals surface area contributed by atoms with Gasteiger partial charge in [-0.25, -0.2) is 9.67 Å². The Labute approximate surface area is 128 Å². The average molecular weight is 301 g/mol. The van der Waals surface area contributed by atoms with E-state index in [1.165, 1.54) is 0 Å². The van der Waals surface area contributed by atoms with Crippen LogP contribution in [0.5, 0.6) is 5.75 Å². The highest BCUT2D eigenvalue weighted by molar-refractivity contribution is 5.73. The summed E-state index contributed by atoms with van der Waals surface area (Å²) in [5.41, 5.74) is 0. The maximum absolute atomic E-state index is 11.3. The molecule has 7 nitrogen and oxygen atoms in total. The molecule has 0 bridgehead atoms. The Morgan fingerprint density at radius 2 is 2.18 bits per heavy atom. The zero-order valence-corrected chi connectivity index (χ0v) is 12.6. The number of carbonyl (C=O) groups is 1. The Hall–Kier alpha value is -2.44. The number of rotatable bonds is 4. The van der Waals surface area contributed by atoms with Crippen LogP contribution in [0.1, 0.15) is 19.8 Å². The first kappa shape index (κ1) is 14.5. The van der Waals surface area contributed by atoms with Crippen molar-refractivity contribution >= 4 is 5.91 Å². The second-order valence-corrected chi connectivity index (χ2v) is 5.46. The summed E-state index contributed by atoms with van der Waals surface area (Å²) in [4.78, 5) is 17.5. The Bertz CT molecular complexity index is 603. The number of carbonyl (C=O) groups excluding carboxylic acids is 1. The smallest absolute Gasteiger partial charge is 0.219 e. The average Bonchev–Trinajstić information content (AvgIpc) is 3.08. The molecule has 0 unspecified atom stereocenters. The van der Waals surface area contributed by atoms with Gasteiger partial charge in [0, 0.05) is 20.0 Å². The molecule has 3 rings (SSSR count). The van der Waals surface area contributed by atoms with Crippen molar-refractivity contribution in [2.75, 3.05) is 19.7 Å². The second kappa shape index (κ2) is 6.55. The van der Waals surface area contributed by atoms with Crippen LogP contribution in [0.15, 0.2) is 30.7 Å². The summed E-state index contributed by atoms with van der Waals surface area (Å²) < 4.78 is 7.40. The van der Waals surface area contributed by atoms with Crippen LogP contribution >= 0.6 is 0 Å². The van der Waals surface area contributed by atoms with E-state index < -0.39 is 0 Å². The van der Waals surface area contributed by atoms with Gasteiger partial charge in [0.2, 0.25) is 5.91 Å². The molecule has 1 fully saturated rings. The fourth-order valence-corrected chi connectivity index (χ4v) is 2.55. The normalized spacial score (nSPS) is 15.8. The molecule has 1 saturated heterocycles. The largest absolute Gasteiger partial charge is 0.492 e. The molecule has 22 heavy (non-hydrogen) atoms. The molecule has 1 aliphatic heterocycles. The predicted molar refractivity (Wildman–Crippen MR) is 79.6 cm³/mol. The van der Waals surface area contributed by atoms with Crippen molar-refractivity contribution in [3.63, 3.8) is 0 Å². The number of hydrogen-bond acceptors (Lipinski definition) is 5. The van der Waals surface area contributed by atoms with Crippen LogP contribution in [0.3, 0.4) is 0 Å². The van der Waals surface area contributed by atoms with Gasteiger partial charge in [0.25, 0.3) is 0 Å². The summed E-state index contributed by atoms with van der Waals surface area (Å²) in [6, 6.07) is 3.73. The number of amides is 1. The fraction of sp³-hybridized carbons (Fsp3) is 0.467. The number of piperidine rings is 1. The maximum atomic E-state index is 11.3. The van der Waals surface area contributed by atoms with Gasteiger partial charge in [-0.1, -0.05) is 5.21 Å². The van der Waals surface area contributed by atoms with Crippen molar-refractivity contribution in [2.24, 2.45) is 5.92 Å². The van der Waals surface area contributed by atoms with Gasteiger partial charge < -0.3 is 9.64 Å². The third kappa shape index (κ3) is 3.41. The minimum Gasteiger partial charge on any atom is -0.492 e. The van der Waals surface area contributed by atoms with Gasteiger partial charge in [-0.05, 0) is 30.9 Å². The van der Waals surface area contributed by atoms with E-state index in [2.05, 4.69) is 15.3 Å². The first-order valence-corrected chi connectivity index (χ1v) is 7.43. The first-order valence-electron chi connectivity index (χ1n) is 7.43. The van der Waals surface area contributed by atoms with Crippen LogP contribution in [0.2, 0.25) is 0 Å². The number of pyridine rings is 1. The number of likely N-dealkylation sites (tertiary alicyclic amines) is 1. The van der Waals surface area contributed by atoms with E-state index >= 15 is 0 Å². The molecule has 0 aliphatic carbocycles. The van der Waals surface area contributed by atoms with Gasteiger partial charge in [0.15, 0.2) is 5.82 Å². The van der Waals surface area contributed by atoms with Crippen LogP contribution in [-0.4, -0.2) is 50.5 Å². The molecule has 0 aromatic carbocycles. The highest BCUT2D eigenvalue weighted by Gasteiger charge is 2.21. The van der Waals surface area contributed by atoms with Gasteiger partial charge in [-0.15, -0.1) is 5.10 Å². The lowest BCUT2D eigenvalue weighted by atomic mass is 9.98. The zero-order valence-electron chi connectivity index (χ0n) is 12.6. The van der Waals surface area contributed by atoms with Crippen molar-refractivity contribution in [2.45, 2.75) is 19.8 Å². The summed E-state index contributed by atoms with van der Waals surface area (Å²) >= 11 is 0. The predicted octanol–water partition coefficient (Wildman–Crippen LogP) is 1.30. The van der Waals surface area contributed by atoms with Gasteiger partial charge in [-0.3, -0.25) is 4.79 Å². The summed E-state index contributed by atoms with van der Waals surface area (Å²) in [7, 11) is 0. The Kier molecular flexibility index (Phi) is 4.32. The third-order valence-corrected chi connectivity index (χ3v) is 3.92. The van der Waals surface area contributed by atoms with E-state index in [9.17, 15) is 4.79 Å². The Morgan fingerprint density at radius 1 is 1.36 bits per heavy atom. The van der Waals surface area contributed by atoms with Gasteiger partial charge in [-0.2, -0.15) is 0 Å². The number of aromatic nitrogens is 4. The molecule has 116 valence electrons. The first-order chi connectivity index (χ1) is 10.7. The minimum atomic E-state index is 0.160. The molecule has 0 radical (unpaired) electrons. The lowest BCUT2D eigenvalue weighted by Crippen LogP contribution is -2.38. The standard InChI is InChI=1S/C15H19N5O2/c1-12(21)19-7-4-13(5-8-19)11-22-14-2-3-15(16-10-14)20-9-6-17-18-20/h2-3,6,9-10,13H,4-5,7-8,11H2,1H3. The minimum absolute atomic E-state index is 0.160. The molecule has 3 heterocycles. The summed E-state index contributed by atoms with van der Waals surface area (Å²) in [6.07, 6.45) is 7.03. The Morgan fingerprint density at radius 3 is 2.77 bits per heavy atom. The maximum Gasteiger partial charge on any atom is 0.219 e. The van der Waals surface area contributed by atoms with Crippen LogP contribution < -0.4 is 4.74 Å². The van der Waals surface area contributed by atoms with E-state index in [0.717, 1.165) is 31.7 Å². The lowest BCUT2D eigenvalue weighted by molar-refractivity contribution is -0.130. The van der Waals surface area contributed by atoms with Crippen molar-refractivity contribution in [3.8, 4) is 11.6 Å². The summed E-state index contributed by atoms with van der Waals surface area (Å²) in [5.74, 6) is 2.11. The van der Waals surface area contributed by atoms with Crippen LogP contribution in [0.25, 0.3) is 5.82 Å². The van der Waals surface area contributed by atoms with Crippen LogP contribution in [0.4, 0.5) is 0 Å². The highest BCUT2D eigenvalue weighted by atomic mass is 16.5. The third-order valence-electron chi connectivity index (χ3n) is 3.92.